The van der Waals surface area contributed by atoms with E-state index in [1.54, 1.807) is 23.1 Å². The van der Waals surface area contributed by atoms with E-state index in [0.29, 0.717) is 27.9 Å². The summed E-state index contributed by atoms with van der Waals surface area (Å²) in [7, 11) is 3.85. The van der Waals surface area contributed by atoms with Gasteiger partial charge < -0.3 is 15.2 Å². The summed E-state index contributed by atoms with van der Waals surface area (Å²) in [5.74, 6) is 0.530. The molecule has 1 amide bonds. The molecule has 4 aromatic rings. The first-order valence-corrected chi connectivity index (χ1v) is 11.1. The van der Waals surface area contributed by atoms with Crippen molar-refractivity contribution in [3.05, 3.63) is 69.4 Å². The van der Waals surface area contributed by atoms with E-state index < -0.39 is 0 Å². The van der Waals surface area contributed by atoms with Crippen LogP contribution >= 0.6 is 0 Å². The number of nitrogens with zero attached hydrogens (tertiary/aromatic N) is 5. The lowest BCUT2D eigenvalue weighted by Gasteiger charge is -2.13. The van der Waals surface area contributed by atoms with Crippen molar-refractivity contribution in [2.75, 3.05) is 19.0 Å². The highest BCUT2D eigenvalue weighted by atomic mass is 16.1. The molecule has 0 radical (unpaired) electrons. The average molecular weight is 460 g/mol. The summed E-state index contributed by atoms with van der Waals surface area (Å²) in [5, 5.41) is 8.02. The van der Waals surface area contributed by atoms with Gasteiger partial charge >= 0.3 is 0 Å². The molecule has 9 heteroatoms. The van der Waals surface area contributed by atoms with Gasteiger partial charge in [0.2, 0.25) is 0 Å². The number of pyridine rings is 3. The monoisotopic (exact) mass is 459 g/mol. The predicted molar refractivity (Wildman–Crippen MR) is 133 cm³/mol. The maximum absolute atomic E-state index is 13.3. The second kappa shape index (κ2) is 9.09. The van der Waals surface area contributed by atoms with E-state index in [1.165, 1.54) is 0 Å². The van der Waals surface area contributed by atoms with Gasteiger partial charge in [0, 0.05) is 49.7 Å². The second-order valence-electron chi connectivity index (χ2n) is 8.90. The van der Waals surface area contributed by atoms with Gasteiger partial charge in [-0.1, -0.05) is 0 Å². The van der Waals surface area contributed by atoms with E-state index in [-0.39, 0.29) is 24.1 Å². The first-order chi connectivity index (χ1) is 16.2. The number of aromatic amines is 1. The number of H-pyrrole nitrogens is 1. The third-order valence-corrected chi connectivity index (χ3v) is 5.72. The van der Waals surface area contributed by atoms with Crippen molar-refractivity contribution in [2.45, 2.75) is 40.3 Å². The van der Waals surface area contributed by atoms with Crippen LogP contribution in [0.15, 0.2) is 41.5 Å². The van der Waals surface area contributed by atoms with E-state index in [1.807, 2.05) is 64.9 Å². The minimum Gasteiger partial charge on any atom is -0.363 e. The van der Waals surface area contributed by atoms with Gasteiger partial charge in [0.05, 0.1) is 22.8 Å². The number of carbonyl (C=O) groups excluding carboxylic acids is 1. The minimum atomic E-state index is -0.297. The molecule has 0 aliphatic heterocycles. The third kappa shape index (κ3) is 4.41. The molecule has 4 aromatic heterocycles. The molecule has 4 heterocycles. The number of hydrogen-bond acceptors (Lipinski definition) is 6. The smallest absolute Gasteiger partial charge is 0.253 e. The number of aromatic nitrogens is 5. The van der Waals surface area contributed by atoms with E-state index in [2.05, 4.69) is 20.4 Å². The number of carbonyl (C=O) groups is 1. The average Bonchev–Trinajstić information content (AvgIpc) is 3.22. The van der Waals surface area contributed by atoms with Crippen molar-refractivity contribution >= 4 is 22.8 Å². The van der Waals surface area contributed by atoms with Crippen LogP contribution in [0.2, 0.25) is 0 Å². The summed E-state index contributed by atoms with van der Waals surface area (Å²) in [6, 6.07) is 7.56. The van der Waals surface area contributed by atoms with Crippen LogP contribution in [0.25, 0.3) is 22.3 Å². The molecule has 34 heavy (non-hydrogen) atoms. The molecule has 0 saturated heterocycles. The summed E-state index contributed by atoms with van der Waals surface area (Å²) in [5.41, 5.74) is 4.45. The van der Waals surface area contributed by atoms with Gasteiger partial charge in [0.15, 0.2) is 5.65 Å². The summed E-state index contributed by atoms with van der Waals surface area (Å²) in [6.45, 7) is 7.85. The molecule has 0 aliphatic rings. The maximum atomic E-state index is 13.3. The molecular weight excluding hydrogens is 430 g/mol. The molecule has 176 valence electrons. The fourth-order valence-electron chi connectivity index (χ4n) is 3.90. The van der Waals surface area contributed by atoms with Gasteiger partial charge in [0.1, 0.15) is 5.82 Å². The molecule has 0 bridgehead atoms. The Kier molecular flexibility index (Phi) is 6.19. The SMILES string of the molecule is Cc1cc(C)c(CNC(=O)c2cc(-c3ccc(N(C)C)nc3)nc3c2cnn3C(C)C)c(=O)[nH]1. The molecule has 9 nitrogen and oxygen atoms in total. The fourth-order valence-corrected chi connectivity index (χ4v) is 3.90. The highest BCUT2D eigenvalue weighted by Gasteiger charge is 2.19. The second-order valence-corrected chi connectivity index (χ2v) is 8.90. The first kappa shape index (κ1) is 23.2. The maximum Gasteiger partial charge on any atom is 0.253 e. The standard InChI is InChI=1S/C25H29N7O2/c1-14(2)32-23-20(13-28-32)18(10-21(30-23)17-7-8-22(26-11-17)31(5)6)24(33)27-12-19-15(3)9-16(4)29-25(19)34/h7-11,13-14H,12H2,1-6H3,(H,27,33)(H,29,34). The molecule has 2 N–H and O–H groups in total. The Morgan fingerprint density at radius 3 is 2.56 bits per heavy atom. The molecule has 0 saturated carbocycles. The lowest BCUT2D eigenvalue weighted by molar-refractivity contribution is 0.0952. The topological polar surface area (TPSA) is 109 Å². The number of fused-ring (bicyclic) bond motifs is 1. The zero-order valence-corrected chi connectivity index (χ0v) is 20.3. The molecule has 0 aliphatic carbocycles. The van der Waals surface area contributed by atoms with Gasteiger partial charge in [-0.3, -0.25) is 9.59 Å². The van der Waals surface area contributed by atoms with Crippen LogP contribution in [-0.4, -0.2) is 44.7 Å². The Morgan fingerprint density at radius 2 is 1.94 bits per heavy atom. The Hall–Kier alpha value is -4.01. The highest BCUT2D eigenvalue weighted by molar-refractivity contribution is 6.06. The summed E-state index contributed by atoms with van der Waals surface area (Å²) in [6.07, 6.45) is 3.41. The van der Waals surface area contributed by atoms with Crippen LogP contribution in [0.3, 0.4) is 0 Å². The largest absolute Gasteiger partial charge is 0.363 e. The van der Waals surface area contributed by atoms with Crippen LogP contribution in [0.4, 0.5) is 5.82 Å². The quantitative estimate of drug-likeness (QED) is 0.458. The van der Waals surface area contributed by atoms with E-state index in [9.17, 15) is 9.59 Å². The van der Waals surface area contributed by atoms with Crippen molar-refractivity contribution in [1.82, 2.24) is 30.0 Å². The summed E-state index contributed by atoms with van der Waals surface area (Å²) >= 11 is 0. The number of hydrogen-bond donors (Lipinski definition) is 2. The van der Waals surface area contributed by atoms with Crippen LogP contribution in [0.5, 0.6) is 0 Å². The molecule has 0 atom stereocenters. The van der Waals surface area contributed by atoms with Crippen molar-refractivity contribution in [1.29, 1.82) is 0 Å². The van der Waals surface area contributed by atoms with Crippen LogP contribution in [0, 0.1) is 13.8 Å². The Bertz CT molecular complexity index is 1420. The van der Waals surface area contributed by atoms with E-state index in [0.717, 1.165) is 22.6 Å². The van der Waals surface area contributed by atoms with Gasteiger partial charge in [-0.2, -0.15) is 5.10 Å². The lowest BCUT2D eigenvalue weighted by atomic mass is 10.1. The number of rotatable bonds is 6. The molecule has 4 rings (SSSR count). The van der Waals surface area contributed by atoms with E-state index >= 15 is 0 Å². The number of aryl methyl sites for hydroxylation is 2. The van der Waals surface area contributed by atoms with Crippen molar-refractivity contribution < 1.29 is 4.79 Å². The van der Waals surface area contributed by atoms with Gasteiger partial charge in [-0.25, -0.2) is 14.6 Å². The van der Waals surface area contributed by atoms with Gasteiger partial charge in [-0.05, 0) is 57.5 Å². The molecule has 0 unspecified atom stereocenters. The summed E-state index contributed by atoms with van der Waals surface area (Å²) < 4.78 is 1.80. The van der Waals surface area contributed by atoms with E-state index in [4.69, 9.17) is 4.98 Å². The Labute approximate surface area is 197 Å². The zero-order valence-electron chi connectivity index (χ0n) is 20.3. The molecule has 0 fully saturated rings. The zero-order chi connectivity index (χ0) is 24.6. The normalized spacial score (nSPS) is 11.3. The third-order valence-electron chi connectivity index (χ3n) is 5.72. The lowest BCUT2D eigenvalue weighted by Crippen LogP contribution is -2.28. The predicted octanol–water partition coefficient (Wildman–Crippen LogP) is 3.38. The van der Waals surface area contributed by atoms with Gasteiger partial charge in [-0.15, -0.1) is 0 Å². The Balaban J connectivity index is 1.75. The van der Waals surface area contributed by atoms with Crippen LogP contribution in [-0.2, 0) is 6.54 Å². The number of nitrogens with one attached hydrogen (secondary N) is 2. The minimum absolute atomic E-state index is 0.0687. The fraction of sp³-hybridized carbons (Fsp3) is 0.320. The number of amides is 1. The van der Waals surface area contributed by atoms with Gasteiger partial charge in [0.25, 0.3) is 11.5 Å². The van der Waals surface area contributed by atoms with Crippen LogP contribution in [0.1, 0.15) is 47.1 Å². The molecular formula is C25H29N7O2. The highest BCUT2D eigenvalue weighted by Crippen LogP contribution is 2.27. The molecule has 0 aromatic carbocycles. The van der Waals surface area contributed by atoms with Crippen LogP contribution < -0.4 is 15.8 Å². The Morgan fingerprint density at radius 1 is 1.18 bits per heavy atom. The van der Waals surface area contributed by atoms with Crippen molar-refractivity contribution in [2.24, 2.45) is 0 Å². The van der Waals surface area contributed by atoms with Crippen molar-refractivity contribution in [3.63, 3.8) is 0 Å². The number of anilines is 1. The molecule has 0 spiro atoms. The first-order valence-electron chi connectivity index (χ1n) is 11.1. The van der Waals surface area contributed by atoms with Crippen molar-refractivity contribution in [3.8, 4) is 11.3 Å². The summed E-state index contributed by atoms with van der Waals surface area (Å²) in [4.78, 5) is 39.7.